The molecule has 98 valence electrons. The molecule has 0 saturated carbocycles. The maximum atomic E-state index is 8.64. The number of morpholine rings is 1. The van der Waals surface area contributed by atoms with Crippen molar-refractivity contribution < 1.29 is 9.94 Å². The number of aromatic nitrogens is 1. The lowest BCUT2D eigenvalue weighted by molar-refractivity contribution is -0.00437. The quantitative estimate of drug-likeness (QED) is 0.351. The van der Waals surface area contributed by atoms with Gasteiger partial charge in [-0.05, 0) is 24.6 Å². The van der Waals surface area contributed by atoms with E-state index in [4.69, 9.17) is 15.7 Å². The summed E-state index contributed by atoms with van der Waals surface area (Å²) in [6.07, 6.45) is 1.67. The lowest BCUT2D eigenvalue weighted by atomic mass is 10.1. The Bertz CT molecular complexity index is 436. The van der Waals surface area contributed by atoms with Crippen LogP contribution in [0.4, 0.5) is 0 Å². The van der Waals surface area contributed by atoms with E-state index < -0.39 is 0 Å². The minimum absolute atomic E-state index is 0.0341. The molecule has 1 aromatic rings. The van der Waals surface area contributed by atoms with Crippen LogP contribution in [0.2, 0.25) is 0 Å². The third-order valence-electron chi connectivity index (χ3n) is 3.09. The molecule has 1 fully saturated rings. The zero-order valence-electron chi connectivity index (χ0n) is 10.4. The second kappa shape index (κ2) is 5.79. The Labute approximate surface area is 106 Å². The van der Waals surface area contributed by atoms with Gasteiger partial charge in [0.05, 0.1) is 13.2 Å². The van der Waals surface area contributed by atoms with Crippen LogP contribution in [0.3, 0.4) is 0 Å². The van der Waals surface area contributed by atoms with Crippen LogP contribution in [-0.2, 0) is 11.3 Å². The number of rotatable bonds is 3. The Morgan fingerprint density at radius 3 is 3.28 bits per heavy atom. The number of hydrogen-bond donors (Lipinski definition) is 2. The predicted molar refractivity (Wildman–Crippen MR) is 67.4 cm³/mol. The van der Waals surface area contributed by atoms with Gasteiger partial charge in [0.2, 0.25) is 0 Å². The van der Waals surface area contributed by atoms with Crippen LogP contribution >= 0.6 is 0 Å². The van der Waals surface area contributed by atoms with Gasteiger partial charge in [0, 0.05) is 25.3 Å². The van der Waals surface area contributed by atoms with E-state index >= 15 is 0 Å². The lowest BCUT2D eigenvalue weighted by Crippen LogP contribution is -2.42. The second-order valence-electron chi connectivity index (χ2n) is 4.43. The molecule has 0 spiro atoms. The summed E-state index contributed by atoms with van der Waals surface area (Å²) < 4.78 is 5.40. The third-order valence-corrected chi connectivity index (χ3v) is 3.09. The van der Waals surface area contributed by atoms with Crippen LogP contribution in [0.1, 0.15) is 18.2 Å². The average molecular weight is 250 g/mol. The maximum Gasteiger partial charge on any atom is 0.188 e. The molecule has 1 aliphatic heterocycles. The molecular weight excluding hydrogens is 232 g/mol. The molecule has 18 heavy (non-hydrogen) atoms. The SMILES string of the molecule is CC1COCCN1Cc1ccnc(C(N)=NO)c1. The summed E-state index contributed by atoms with van der Waals surface area (Å²) in [4.78, 5) is 6.41. The molecule has 0 aliphatic carbocycles. The van der Waals surface area contributed by atoms with Gasteiger partial charge in [-0.15, -0.1) is 0 Å². The average Bonchev–Trinajstić information content (AvgIpc) is 2.41. The monoisotopic (exact) mass is 250 g/mol. The van der Waals surface area contributed by atoms with Crippen molar-refractivity contribution in [2.75, 3.05) is 19.8 Å². The smallest absolute Gasteiger partial charge is 0.188 e. The first-order valence-corrected chi connectivity index (χ1v) is 5.95. The van der Waals surface area contributed by atoms with Crippen LogP contribution in [0.25, 0.3) is 0 Å². The molecule has 2 rings (SSSR count). The van der Waals surface area contributed by atoms with Crippen molar-refractivity contribution in [3.05, 3.63) is 29.6 Å². The summed E-state index contributed by atoms with van der Waals surface area (Å²) in [5.41, 5.74) is 7.12. The molecule has 2 heterocycles. The number of nitrogens with two attached hydrogens (primary N) is 1. The Kier molecular flexibility index (Phi) is 4.11. The highest BCUT2D eigenvalue weighted by atomic mass is 16.5. The van der Waals surface area contributed by atoms with Crippen LogP contribution < -0.4 is 5.73 Å². The Hall–Kier alpha value is -1.66. The van der Waals surface area contributed by atoms with Crippen LogP contribution in [0.15, 0.2) is 23.5 Å². The molecule has 6 heteroatoms. The van der Waals surface area contributed by atoms with Gasteiger partial charge in [0.1, 0.15) is 5.69 Å². The molecule has 1 atom stereocenters. The van der Waals surface area contributed by atoms with Crippen LogP contribution in [0.5, 0.6) is 0 Å². The van der Waals surface area contributed by atoms with Gasteiger partial charge in [0.15, 0.2) is 5.84 Å². The molecule has 1 unspecified atom stereocenters. The molecule has 1 aromatic heterocycles. The van der Waals surface area contributed by atoms with Gasteiger partial charge in [-0.2, -0.15) is 0 Å². The molecule has 1 saturated heterocycles. The third kappa shape index (κ3) is 2.96. The fourth-order valence-corrected chi connectivity index (χ4v) is 1.99. The van der Waals surface area contributed by atoms with Crippen molar-refractivity contribution in [1.29, 1.82) is 0 Å². The summed E-state index contributed by atoms with van der Waals surface area (Å²) in [5.74, 6) is 0.0341. The molecule has 0 bridgehead atoms. The Balaban J connectivity index is 2.09. The fourth-order valence-electron chi connectivity index (χ4n) is 1.99. The van der Waals surface area contributed by atoms with E-state index in [9.17, 15) is 0 Å². The molecule has 0 radical (unpaired) electrons. The number of hydrogen-bond acceptors (Lipinski definition) is 5. The number of ether oxygens (including phenoxy) is 1. The molecule has 6 nitrogen and oxygen atoms in total. The van der Waals surface area contributed by atoms with Crippen molar-refractivity contribution in [1.82, 2.24) is 9.88 Å². The minimum atomic E-state index is 0.0341. The normalized spacial score (nSPS) is 22.1. The van der Waals surface area contributed by atoms with Crippen molar-refractivity contribution >= 4 is 5.84 Å². The summed E-state index contributed by atoms with van der Waals surface area (Å²) in [6, 6.07) is 4.19. The minimum Gasteiger partial charge on any atom is -0.409 e. The Morgan fingerprint density at radius 2 is 2.56 bits per heavy atom. The topological polar surface area (TPSA) is 84.0 Å². The van der Waals surface area contributed by atoms with E-state index in [-0.39, 0.29) is 5.84 Å². The summed E-state index contributed by atoms with van der Waals surface area (Å²) >= 11 is 0. The summed E-state index contributed by atoms with van der Waals surface area (Å²) in [7, 11) is 0. The largest absolute Gasteiger partial charge is 0.409 e. The summed E-state index contributed by atoms with van der Waals surface area (Å²) in [6.45, 7) is 5.41. The zero-order chi connectivity index (χ0) is 13.0. The van der Waals surface area contributed by atoms with Crippen LogP contribution in [0, 0.1) is 0 Å². The van der Waals surface area contributed by atoms with E-state index in [0.29, 0.717) is 11.7 Å². The first-order chi connectivity index (χ1) is 8.70. The molecular formula is C12H18N4O2. The zero-order valence-corrected chi connectivity index (χ0v) is 10.4. The molecule has 0 amide bonds. The number of amidine groups is 1. The molecule has 3 N–H and O–H groups in total. The van der Waals surface area contributed by atoms with E-state index in [1.165, 1.54) is 0 Å². The van der Waals surface area contributed by atoms with E-state index in [1.54, 1.807) is 6.20 Å². The van der Waals surface area contributed by atoms with Gasteiger partial charge in [-0.1, -0.05) is 5.16 Å². The maximum absolute atomic E-state index is 8.64. The highest BCUT2D eigenvalue weighted by Gasteiger charge is 2.18. The fraction of sp³-hybridized carbons (Fsp3) is 0.500. The lowest BCUT2D eigenvalue weighted by Gasteiger charge is -2.33. The highest BCUT2D eigenvalue weighted by Crippen LogP contribution is 2.12. The Morgan fingerprint density at radius 1 is 1.72 bits per heavy atom. The molecule has 0 aromatic carbocycles. The summed E-state index contributed by atoms with van der Waals surface area (Å²) in [5, 5.41) is 11.6. The van der Waals surface area contributed by atoms with Gasteiger partial charge in [0.25, 0.3) is 0 Å². The van der Waals surface area contributed by atoms with Gasteiger partial charge >= 0.3 is 0 Å². The van der Waals surface area contributed by atoms with Crippen molar-refractivity contribution in [3.63, 3.8) is 0 Å². The molecule has 1 aliphatic rings. The van der Waals surface area contributed by atoms with Crippen molar-refractivity contribution in [2.45, 2.75) is 19.5 Å². The number of oxime groups is 1. The standard InChI is InChI=1S/C12H18N4O2/c1-9-8-18-5-4-16(9)7-10-2-3-14-11(6-10)12(13)15-17/h2-3,6,9,17H,4-5,7-8H2,1H3,(H2,13,15). The van der Waals surface area contributed by atoms with Crippen molar-refractivity contribution in [2.24, 2.45) is 10.9 Å². The first kappa shape index (κ1) is 12.8. The van der Waals surface area contributed by atoms with Gasteiger partial charge < -0.3 is 15.7 Å². The predicted octanol–water partition coefficient (Wildman–Crippen LogP) is 0.397. The second-order valence-corrected chi connectivity index (χ2v) is 4.43. The van der Waals surface area contributed by atoms with Crippen molar-refractivity contribution in [3.8, 4) is 0 Å². The van der Waals surface area contributed by atoms with E-state index in [0.717, 1.165) is 31.9 Å². The van der Waals surface area contributed by atoms with E-state index in [2.05, 4.69) is 22.0 Å². The number of pyridine rings is 1. The van der Waals surface area contributed by atoms with Crippen LogP contribution in [-0.4, -0.2) is 46.7 Å². The highest BCUT2D eigenvalue weighted by molar-refractivity contribution is 5.95. The van der Waals surface area contributed by atoms with Gasteiger partial charge in [-0.25, -0.2) is 0 Å². The van der Waals surface area contributed by atoms with Gasteiger partial charge in [-0.3, -0.25) is 9.88 Å². The first-order valence-electron chi connectivity index (χ1n) is 5.95. The van der Waals surface area contributed by atoms with E-state index in [1.807, 2.05) is 12.1 Å². The number of nitrogens with zero attached hydrogens (tertiary/aromatic N) is 3.